The number of nitrogens with one attached hydrogen (secondary N) is 1. The molecule has 19 heavy (non-hydrogen) atoms. The van der Waals surface area contributed by atoms with Crippen molar-refractivity contribution < 1.29 is 4.74 Å². The van der Waals surface area contributed by atoms with Crippen LogP contribution in [0.1, 0.15) is 12.5 Å². The molecule has 2 aromatic carbocycles. The molecular formula is C15H17BrN2O. The number of nitrogen functional groups attached to an aromatic ring is 1. The number of halogens is 1. The lowest BCUT2D eigenvalue weighted by atomic mass is 10.2. The first-order valence-electron chi connectivity index (χ1n) is 6.15. The van der Waals surface area contributed by atoms with E-state index in [1.807, 2.05) is 43.3 Å². The maximum absolute atomic E-state index is 5.88. The topological polar surface area (TPSA) is 47.3 Å². The average molecular weight is 321 g/mol. The van der Waals surface area contributed by atoms with Crippen LogP contribution in [0.25, 0.3) is 0 Å². The maximum atomic E-state index is 5.88. The second-order valence-electron chi connectivity index (χ2n) is 4.26. The third-order valence-electron chi connectivity index (χ3n) is 2.79. The fourth-order valence-electron chi connectivity index (χ4n) is 1.84. The quantitative estimate of drug-likeness (QED) is 0.816. The minimum atomic E-state index is 0.624. The summed E-state index contributed by atoms with van der Waals surface area (Å²) in [6, 6.07) is 11.7. The average Bonchev–Trinajstić information content (AvgIpc) is 2.35. The summed E-state index contributed by atoms with van der Waals surface area (Å²) in [5.74, 6) is 0.776. The van der Waals surface area contributed by atoms with Crippen LogP contribution in [0.2, 0.25) is 0 Å². The van der Waals surface area contributed by atoms with Crippen molar-refractivity contribution in [2.45, 2.75) is 13.8 Å². The van der Waals surface area contributed by atoms with E-state index in [2.05, 4.69) is 28.2 Å². The largest absolute Gasteiger partial charge is 0.494 e. The molecule has 2 aromatic rings. The van der Waals surface area contributed by atoms with Crippen molar-refractivity contribution in [1.29, 1.82) is 0 Å². The Kier molecular flexibility index (Phi) is 4.32. The van der Waals surface area contributed by atoms with Crippen LogP contribution >= 0.6 is 15.9 Å². The molecule has 0 fully saturated rings. The molecular weight excluding hydrogens is 304 g/mol. The Morgan fingerprint density at radius 3 is 2.79 bits per heavy atom. The first kappa shape index (κ1) is 13.7. The van der Waals surface area contributed by atoms with Gasteiger partial charge in [0.25, 0.3) is 0 Å². The zero-order chi connectivity index (χ0) is 13.8. The van der Waals surface area contributed by atoms with Crippen LogP contribution in [0.5, 0.6) is 5.75 Å². The van der Waals surface area contributed by atoms with E-state index in [9.17, 15) is 0 Å². The second kappa shape index (κ2) is 5.97. The van der Waals surface area contributed by atoms with E-state index in [1.165, 1.54) is 0 Å². The van der Waals surface area contributed by atoms with Crippen molar-refractivity contribution in [2.24, 2.45) is 0 Å². The highest BCUT2D eigenvalue weighted by molar-refractivity contribution is 9.10. The van der Waals surface area contributed by atoms with Crippen LogP contribution in [-0.2, 0) is 0 Å². The summed E-state index contributed by atoms with van der Waals surface area (Å²) in [6.07, 6.45) is 0. The minimum absolute atomic E-state index is 0.624. The number of hydrogen-bond donors (Lipinski definition) is 2. The number of rotatable bonds is 4. The molecule has 0 bridgehead atoms. The summed E-state index contributed by atoms with van der Waals surface area (Å²) in [5.41, 5.74) is 9.68. The molecule has 0 spiro atoms. The number of hydrogen-bond acceptors (Lipinski definition) is 3. The molecule has 0 saturated carbocycles. The van der Waals surface area contributed by atoms with Gasteiger partial charge in [0.2, 0.25) is 0 Å². The van der Waals surface area contributed by atoms with Crippen molar-refractivity contribution in [3.63, 3.8) is 0 Å². The van der Waals surface area contributed by atoms with Gasteiger partial charge in [-0.15, -0.1) is 0 Å². The summed E-state index contributed by atoms with van der Waals surface area (Å²) >= 11 is 3.52. The SMILES string of the molecule is CCOc1cc(N)cc(Nc2cccc(Br)c2C)c1. The Bertz CT molecular complexity index is 584. The van der Waals surface area contributed by atoms with E-state index in [1.54, 1.807) is 0 Å². The third kappa shape index (κ3) is 3.41. The lowest BCUT2D eigenvalue weighted by Gasteiger charge is -2.13. The Morgan fingerprint density at radius 2 is 2.05 bits per heavy atom. The van der Waals surface area contributed by atoms with Gasteiger partial charge in [-0.2, -0.15) is 0 Å². The van der Waals surface area contributed by atoms with Gasteiger partial charge in [-0.25, -0.2) is 0 Å². The molecule has 0 atom stereocenters. The zero-order valence-corrected chi connectivity index (χ0v) is 12.6. The van der Waals surface area contributed by atoms with E-state index >= 15 is 0 Å². The van der Waals surface area contributed by atoms with Gasteiger partial charge in [-0.05, 0) is 37.6 Å². The van der Waals surface area contributed by atoms with Gasteiger partial charge < -0.3 is 15.8 Å². The Morgan fingerprint density at radius 1 is 1.26 bits per heavy atom. The molecule has 4 heteroatoms. The van der Waals surface area contributed by atoms with E-state index in [-0.39, 0.29) is 0 Å². The molecule has 0 aliphatic heterocycles. The van der Waals surface area contributed by atoms with Gasteiger partial charge in [-0.1, -0.05) is 22.0 Å². The fraction of sp³-hybridized carbons (Fsp3) is 0.200. The summed E-state index contributed by atoms with van der Waals surface area (Å²) in [5, 5.41) is 3.36. The molecule has 0 unspecified atom stereocenters. The summed E-state index contributed by atoms with van der Waals surface area (Å²) in [4.78, 5) is 0. The van der Waals surface area contributed by atoms with Gasteiger partial charge in [0.05, 0.1) is 6.61 Å². The molecule has 0 saturated heterocycles. The Balaban J connectivity index is 2.30. The molecule has 0 amide bonds. The van der Waals surface area contributed by atoms with Crippen molar-refractivity contribution in [3.05, 3.63) is 46.4 Å². The predicted octanol–water partition coefficient (Wildman–Crippen LogP) is 4.48. The molecule has 0 radical (unpaired) electrons. The molecule has 3 nitrogen and oxygen atoms in total. The van der Waals surface area contributed by atoms with Crippen LogP contribution in [0.4, 0.5) is 17.1 Å². The number of anilines is 3. The van der Waals surface area contributed by atoms with Crippen LogP contribution in [0.15, 0.2) is 40.9 Å². The van der Waals surface area contributed by atoms with E-state index in [4.69, 9.17) is 10.5 Å². The predicted molar refractivity (Wildman–Crippen MR) is 84.2 cm³/mol. The number of nitrogens with two attached hydrogens (primary N) is 1. The smallest absolute Gasteiger partial charge is 0.123 e. The molecule has 0 aromatic heterocycles. The first-order valence-corrected chi connectivity index (χ1v) is 6.95. The molecule has 2 rings (SSSR count). The maximum Gasteiger partial charge on any atom is 0.123 e. The van der Waals surface area contributed by atoms with Crippen molar-refractivity contribution in [2.75, 3.05) is 17.7 Å². The highest BCUT2D eigenvalue weighted by Gasteiger charge is 2.04. The number of ether oxygens (including phenoxy) is 1. The highest BCUT2D eigenvalue weighted by atomic mass is 79.9. The Hall–Kier alpha value is -1.68. The summed E-state index contributed by atoms with van der Waals surface area (Å²) in [7, 11) is 0. The molecule has 0 heterocycles. The molecule has 3 N–H and O–H groups in total. The van der Waals surface area contributed by atoms with Crippen molar-refractivity contribution in [3.8, 4) is 5.75 Å². The van der Waals surface area contributed by atoms with Gasteiger partial charge in [0.15, 0.2) is 0 Å². The van der Waals surface area contributed by atoms with Gasteiger partial charge in [0.1, 0.15) is 5.75 Å². The van der Waals surface area contributed by atoms with Crippen LogP contribution in [0.3, 0.4) is 0 Å². The minimum Gasteiger partial charge on any atom is -0.494 e. The van der Waals surface area contributed by atoms with Crippen molar-refractivity contribution >= 4 is 33.0 Å². The lowest BCUT2D eigenvalue weighted by Crippen LogP contribution is -1.98. The van der Waals surface area contributed by atoms with E-state index in [0.29, 0.717) is 12.3 Å². The van der Waals surface area contributed by atoms with Crippen LogP contribution < -0.4 is 15.8 Å². The zero-order valence-electron chi connectivity index (χ0n) is 11.0. The third-order valence-corrected chi connectivity index (χ3v) is 3.65. The molecule has 0 aliphatic carbocycles. The lowest BCUT2D eigenvalue weighted by molar-refractivity contribution is 0.340. The standard InChI is InChI=1S/C15H17BrN2O/c1-3-19-13-8-11(17)7-12(9-13)18-15-6-4-5-14(16)10(15)2/h4-9,18H,3,17H2,1-2H3. The summed E-state index contributed by atoms with van der Waals surface area (Å²) in [6.45, 7) is 4.63. The molecule has 0 aliphatic rings. The van der Waals surface area contributed by atoms with Crippen molar-refractivity contribution in [1.82, 2.24) is 0 Å². The van der Waals surface area contributed by atoms with Crippen LogP contribution in [-0.4, -0.2) is 6.61 Å². The fourth-order valence-corrected chi connectivity index (χ4v) is 2.21. The van der Waals surface area contributed by atoms with Gasteiger partial charge >= 0.3 is 0 Å². The summed E-state index contributed by atoms with van der Waals surface area (Å²) < 4.78 is 6.57. The van der Waals surface area contributed by atoms with E-state index < -0.39 is 0 Å². The number of benzene rings is 2. The first-order chi connectivity index (χ1) is 9.10. The Labute approximate surface area is 121 Å². The van der Waals surface area contributed by atoms with Gasteiger partial charge in [-0.3, -0.25) is 0 Å². The monoisotopic (exact) mass is 320 g/mol. The van der Waals surface area contributed by atoms with E-state index in [0.717, 1.165) is 27.2 Å². The van der Waals surface area contributed by atoms with Gasteiger partial charge in [0, 0.05) is 33.7 Å². The highest BCUT2D eigenvalue weighted by Crippen LogP contribution is 2.29. The van der Waals surface area contributed by atoms with Crippen LogP contribution in [0, 0.1) is 6.92 Å². The normalized spacial score (nSPS) is 10.3. The second-order valence-corrected chi connectivity index (χ2v) is 5.12. The molecule has 100 valence electrons.